The number of aryl methyl sites for hydroxylation is 1. The standard InChI is InChI=1S/C17H17ClO3/c18-14-10-13(11-16-17(14)21-9-8-20-16)15(19)7-6-12-4-2-1-3-5-12/h1-5,10-11,15,19H,6-9H2. The average molecular weight is 305 g/mol. The number of benzene rings is 2. The lowest BCUT2D eigenvalue weighted by atomic mass is 10.0. The number of fused-ring (bicyclic) bond motifs is 1. The molecular formula is C17H17ClO3. The lowest BCUT2D eigenvalue weighted by Gasteiger charge is -2.21. The molecule has 0 aromatic heterocycles. The van der Waals surface area contributed by atoms with Crippen molar-refractivity contribution in [1.29, 1.82) is 0 Å². The number of aliphatic hydroxyl groups is 1. The van der Waals surface area contributed by atoms with Crippen LogP contribution in [0.3, 0.4) is 0 Å². The lowest BCUT2D eigenvalue weighted by molar-refractivity contribution is 0.159. The molecule has 0 fully saturated rings. The van der Waals surface area contributed by atoms with Gasteiger partial charge in [0.15, 0.2) is 11.5 Å². The zero-order chi connectivity index (χ0) is 14.7. The predicted molar refractivity (Wildman–Crippen MR) is 82.2 cm³/mol. The monoisotopic (exact) mass is 304 g/mol. The zero-order valence-corrected chi connectivity index (χ0v) is 12.3. The van der Waals surface area contributed by atoms with E-state index in [1.807, 2.05) is 24.3 Å². The summed E-state index contributed by atoms with van der Waals surface area (Å²) in [7, 11) is 0. The molecule has 4 heteroatoms. The molecule has 1 N–H and O–H groups in total. The fourth-order valence-corrected chi connectivity index (χ4v) is 2.71. The van der Waals surface area contributed by atoms with E-state index in [2.05, 4.69) is 12.1 Å². The highest BCUT2D eigenvalue weighted by molar-refractivity contribution is 6.32. The minimum Gasteiger partial charge on any atom is -0.486 e. The molecule has 1 atom stereocenters. The SMILES string of the molecule is OC(CCc1ccccc1)c1cc(Cl)c2c(c1)OCCO2. The summed E-state index contributed by atoms with van der Waals surface area (Å²) in [6.45, 7) is 1.01. The van der Waals surface area contributed by atoms with E-state index in [4.69, 9.17) is 21.1 Å². The highest BCUT2D eigenvalue weighted by Gasteiger charge is 2.19. The van der Waals surface area contributed by atoms with E-state index < -0.39 is 6.10 Å². The summed E-state index contributed by atoms with van der Waals surface area (Å²) >= 11 is 6.19. The first-order valence-corrected chi connectivity index (χ1v) is 7.43. The Labute approximate surface area is 129 Å². The van der Waals surface area contributed by atoms with Crippen molar-refractivity contribution >= 4 is 11.6 Å². The van der Waals surface area contributed by atoms with Gasteiger partial charge in [0.25, 0.3) is 0 Å². The van der Waals surface area contributed by atoms with Gasteiger partial charge < -0.3 is 14.6 Å². The molecule has 3 rings (SSSR count). The van der Waals surface area contributed by atoms with Gasteiger partial charge in [0, 0.05) is 0 Å². The highest BCUT2D eigenvalue weighted by Crippen LogP contribution is 2.40. The van der Waals surface area contributed by atoms with Gasteiger partial charge in [-0.1, -0.05) is 41.9 Å². The van der Waals surface area contributed by atoms with Crippen molar-refractivity contribution in [2.75, 3.05) is 13.2 Å². The highest BCUT2D eigenvalue weighted by atomic mass is 35.5. The smallest absolute Gasteiger partial charge is 0.179 e. The summed E-state index contributed by atoms with van der Waals surface area (Å²) in [4.78, 5) is 0. The van der Waals surface area contributed by atoms with Crippen molar-refractivity contribution in [3.05, 3.63) is 58.6 Å². The third-order valence-corrected chi connectivity index (χ3v) is 3.83. The maximum Gasteiger partial charge on any atom is 0.179 e. The minimum absolute atomic E-state index is 0.487. The number of rotatable bonds is 4. The second-order valence-corrected chi connectivity index (χ2v) is 5.47. The molecule has 2 aromatic carbocycles. The Bertz CT molecular complexity index is 613. The normalized spacial score (nSPS) is 14.8. The molecule has 0 amide bonds. The molecule has 1 unspecified atom stereocenters. The van der Waals surface area contributed by atoms with E-state index in [-0.39, 0.29) is 0 Å². The summed E-state index contributed by atoms with van der Waals surface area (Å²) < 4.78 is 11.0. The number of aliphatic hydroxyl groups excluding tert-OH is 1. The van der Waals surface area contributed by atoms with Gasteiger partial charge in [0.05, 0.1) is 11.1 Å². The second-order valence-electron chi connectivity index (χ2n) is 5.07. The summed E-state index contributed by atoms with van der Waals surface area (Å²) in [5.74, 6) is 1.18. The third kappa shape index (κ3) is 3.31. The van der Waals surface area contributed by atoms with Crippen LogP contribution in [0, 0.1) is 0 Å². The molecule has 0 radical (unpaired) electrons. The van der Waals surface area contributed by atoms with Gasteiger partial charge in [-0.25, -0.2) is 0 Å². The van der Waals surface area contributed by atoms with E-state index in [1.165, 1.54) is 5.56 Å². The zero-order valence-electron chi connectivity index (χ0n) is 11.6. The number of halogens is 1. The van der Waals surface area contributed by atoms with Crippen LogP contribution in [0.5, 0.6) is 11.5 Å². The van der Waals surface area contributed by atoms with E-state index in [9.17, 15) is 5.11 Å². The number of hydrogen-bond donors (Lipinski definition) is 1. The first-order valence-electron chi connectivity index (χ1n) is 7.05. The molecular weight excluding hydrogens is 288 g/mol. The molecule has 110 valence electrons. The molecule has 1 aliphatic heterocycles. The Morgan fingerprint density at radius 1 is 1.10 bits per heavy atom. The Morgan fingerprint density at radius 3 is 2.67 bits per heavy atom. The van der Waals surface area contributed by atoms with Crippen LogP contribution in [-0.4, -0.2) is 18.3 Å². The van der Waals surface area contributed by atoms with Crippen molar-refractivity contribution in [1.82, 2.24) is 0 Å². The largest absolute Gasteiger partial charge is 0.486 e. The Balaban J connectivity index is 1.72. The lowest BCUT2D eigenvalue weighted by Crippen LogP contribution is -2.16. The molecule has 0 saturated heterocycles. The molecule has 0 aliphatic carbocycles. The van der Waals surface area contributed by atoms with Crippen molar-refractivity contribution in [3.63, 3.8) is 0 Å². The van der Waals surface area contributed by atoms with Crippen molar-refractivity contribution in [3.8, 4) is 11.5 Å². The second kappa shape index (κ2) is 6.37. The van der Waals surface area contributed by atoms with Gasteiger partial charge in [0.1, 0.15) is 13.2 Å². The average Bonchev–Trinajstić information content (AvgIpc) is 2.53. The first-order chi connectivity index (χ1) is 10.2. The Hall–Kier alpha value is -1.71. The van der Waals surface area contributed by atoms with E-state index in [1.54, 1.807) is 6.07 Å². The van der Waals surface area contributed by atoms with E-state index >= 15 is 0 Å². The van der Waals surface area contributed by atoms with Crippen LogP contribution in [0.15, 0.2) is 42.5 Å². The third-order valence-electron chi connectivity index (χ3n) is 3.55. The van der Waals surface area contributed by atoms with E-state index in [0.717, 1.165) is 12.0 Å². The van der Waals surface area contributed by atoms with Crippen molar-refractivity contribution < 1.29 is 14.6 Å². The maximum absolute atomic E-state index is 10.4. The van der Waals surface area contributed by atoms with Gasteiger partial charge in [0.2, 0.25) is 0 Å². The Kier molecular flexibility index (Phi) is 4.32. The van der Waals surface area contributed by atoms with Crippen LogP contribution in [-0.2, 0) is 6.42 Å². The predicted octanol–water partition coefficient (Wildman–Crippen LogP) is 3.78. The van der Waals surface area contributed by atoms with Gasteiger partial charge in [-0.15, -0.1) is 0 Å². The van der Waals surface area contributed by atoms with Crippen LogP contribution in [0.25, 0.3) is 0 Å². The molecule has 0 spiro atoms. The summed E-state index contributed by atoms with van der Waals surface area (Å²) in [5, 5.41) is 10.8. The van der Waals surface area contributed by atoms with Gasteiger partial charge in [-0.3, -0.25) is 0 Å². The van der Waals surface area contributed by atoms with Gasteiger partial charge in [-0.05, 0) is 36.1 Å². The summed E-state index contributed by atoms with van der Waals surface area (Å²) in [5.41, 5.74) is 1.97. The number of ether oxygens (including phenoxy) is 2. The summed E-state index contributed by atoms with van der Waals surface area (Å²) in [6, 6.07) is 13.7. The van der Waals surface area contributed by atoms with Crippen molar-refractivity contribution in [2.24, 2.45) is 0 Å². The van der Waals surface area contributed by atoms with Gasteiger partial charge >= 0.3 is 0 Å². The fraction of sp³-hybridized carbons (Fsp3) is 0.294. The van der Waals surface area contributed by atoms with Crippen molar-refractivity contribution in [2.45, 2.75) is 18.9 Å². The Morgan fingerprint density at radius 2 is 1.86 bits per heavy atom. The number of hydrogen-bond acceptors (Lipinski definition) is 3. The van der Waals surface area contributed by atoms with Crippen LogP contribution in [0.1, 0.15) is 23.7 Å². The van der Waals surface area contributed by atoms with Crippen LogP contribution in [0.4, 0.5) is 0 Å². The topological polar surface area (TPSA) is 38.7 Å². The molecule has 1 aliphatic rings. The van der Waals surface area contributed by atoms with Crippen LogP contribution < -0.4 is 9.47 Å². The summed E-state index contributed by atoms with van der Waals surface area (Å²) in [6.07, 6.45) is 0.882. The molecule has 21 heavy (non-hydrogen) atoms. The minimum atomic E-state index is -0.571. The molecule has 1 heterocycles. The van der Waals surface area contributed by atoms with Crippen LogP contribution in [0.2, 0.25) is 5.02 Å². The molecule has 0 saturated carbocycles. The fourth-order valence-electron chi connectivity index (χ4n) is 2.44. The van der Waals surface area contributed by atoms with Gasteiger partial charge in [-0.2, -0.15) is 0 Å². The maximum atomic E-state index is 10.4. The molecule has 2 aromatic rings. The molecule has 3 nitrogen and oxygen atoms in total. The first kappa shape index (κ1) is 14.2. The van der Waals surface area contributed by atoms with E-state index in [0.29, 0.717) is 36.2 Å². The van der Waals surface area contributed by atoms with Crippen LogP contribution >= 0.6 is 11.6 Å². The quantitative estimate of drug-likeness (QED) is 0.934. The molecule has 0 bridgehead atoms.